The Morgan fingerprint density at radius 2 is 1.18 bits per heavy atom. The fourth-order valence-electron chi connectivity index (χ4n) is 3.93. The first kappa shape index (κ1) is 24.1. The van der Waals surface area contributed by atoms with Gasteiger partial charge in [0.2, 0.25) is 0 Å². The lowest BCUT2D eigenvalue weighted by Crippen LogP contribution is -2.47. The van der Waals surface area contributed by atoms with E-state index in [1.54, 1.807) is 12.1 Å². The van der Waals surface area contributed by atoms with Gasteiger partial charge in [-0.1, -0.05) is 78.9 Å². The smallest absolute Gasteiger partial charge is 0.414 e. The maximum absolute atomic E-state index is 14.0. The molecule has 0 bridgehead atoms. The molecule has 0 aliphatic carbocycles. The molecule has 1 heterocycles. The van der Waals surface area contributed by atoms with Crippen LogP contribution >= 0.6 is 0 Å². The zero-order valence-electron chi connectivity index (χ0n) is 18.2. The predicted molar refractivity (Wildman–Crippen MR) is 123 cm³/mol. The Hall–Kier alpha value is -3.55. The summed E-state index contributed by atoms with van der Waals surface area (Å²) in [6.45, 7) is 4.53. The molecule has 0 spiro atoms. The van der Waals surface area contributed by atoms with Crippen molar-refractivity contribution >= 4 is 11.9 Å². The van der Waals surface area contributed by atoms with Gasteiger partial charge in [-0.2, -0.15) is 0 Å². The predicted octanol–water partition coefficient (Wildman–Crippen LogP) is 3.89. The number of hydrogen-bond acceptors (Lipinski definition) is 4. The molecule has 1 saturated heterocycles. The first-order valence-electron chi connectivity index (χ1n) is 10.7. The minimum atomic E-state index is -1.82. The van der Waals surface area contributed by atoms with Gasteiger partial charge in [0.1, 0.15) is 5.82 Å². The van der Waals surface area contributed by atoms with Gasteiger partial charge in [0.05, 0.1) is 6.04 Å². The summed E-state index contributed by atoms with van der Waals surface area (Å²) in [7, 11) is 0. The molecular formula is C26H27FN2O4. The average Bonchev–Trinajstić information content (AvgIpc) is 2.83. The van der Waals surface area contributed by atoms with Gasteiger partial charge in [-0.25, -0.2) is 14.0 Å². The number of carboxylic acid groups (broad SMARTS) is 2. The molecule has 172 valence electrons. The Labute approximate surface area is 192 Å². The molecule has 0 saturated carbocycles. The van der Waals surface area contributed by atoms with Crippen LogP contribution in [-0.2, 0) is 16.1 Å². The third kappa shape index (κ3) is 6.97. The van der Waals surface area contributed by atoms with Crippen LogP contribution in [0.15, 0.2) is 84.9 Å². The van der Waals surface area contributed by atoms with E-state index in [9.17, 15) is 4.39 Å². The molecule has 33 heavy (non-hydrogen) atoms. The highest BCUT2D eigenvalue weighted by molar-refractivity contribution is 6.27. The highest BCUT2D eigenvalue weighted by Crippen LogP contribution is 2.29. The summed E-state index contributed by atoms with van der Waals surface area (Å²) in [6, 6.07) is 28.8. The van der Waals surface area contributed by atoms with Crippen LogP contribution in [-0.4, -0.2) is 58.1 Å². The van der Waals surface area contributed by atoms with Gasteiger partial charge in [-0.15, -0.1) is 0 Å². The molecule has 4 rings (SSSR count). The summed E-state index contributed by atoms with van der Waals surface area (Å²) in [4.78, 5) is 23.1. The molecule has 6 nitrogen and oxygen atoms in total. The van der Waals surface area contributed by atoms with Gasteiger partial charge >= 0.3 is 11.9 Å². The number of hydrogen-bond donors (Lipinski definition) is 2. The Bertz CT molecular complexity index is 987. The van der Waals surface area contributed by atoms with Crippen molar-refractivity contribution in [3.05, 3.63) is 107 Å². The van der Waals surface area contributed by atoms with Gasteiger partial charge in [0, 0.05) is 38.3 Å². The topological polar surface area (TPSA) is 81.1 Å². The van der Waals surface area contributed by atoms with Crippen LogP contribution in [0.1, 0.15) is 22.7 Å². The van der Waals surface area contributed by atoms with Crippen molar-refractivity contribution in [1.82, 2.24) is 9.80 Å². The zero-order valence-corrected chi connectivity index (χ0v) is 18.2. The summed E-state index contributed by atoms with van der Waals surface area (Å²) >= 11 is 0. The Balaban J connectivity index is 0.000000454. The summed E-state index contributed by atoms with van der Waals surface area (Å²) < 4.78 is 14.0. The van der Waals surface area contributed by atoms with Crippen LogP contribution in [0.2, 0.25) is 0 Å². The van der Waals surface area contributed by atoms with Crippen molar-refractivity contribution in [2.45, 2.75) is 12.6 Å². The second kappa shape index (κ2) is 11.9. The van der Waals surface area contributed by atoms with Crippen molar-refractivity contribution in [2.24, 2.45) is 0 Å². The van der Waals surface area contributed by atoms with Crippen LogP contribution in [0.25, 0.3) is 0 Å². The van der Waals surface area contributed by atoms with Crippen molar-refractivity contribution in [3.8, 4) is 0 Å². The van der Waals surface area contributed by atoms with Gasteiger partial charge in [-0.05, 0) is 17.2 Å². The van der Waals surface area contributed by atoms with E-state index in [2.05, 4.69) is 70.5 Å². The van der Waals surface area contributed by atoms with Crippen LogP contribution < -0.4 is 0 Å². The fraction of sp³-hybridized carbons (Fsp3) is 0.231. The molecule has 2 N–H and O–H groups in total. The molecule has 1 aliphatic rings. The number of carboxylic acids is 2. The Kier molecular flexibility index (Phi) is 8.69. The molecule has 0 aromatic heterocycles. The lowest BCUT2D eigenvalue weighted by atomic mass is 9.96. The summed E-state index contributed by atoms with van der Waals surface area (Å²) in [5.74, 6) is -3.75. The van der Waals surface area contributed by atoms with E-state index in [1.165, 1.54) is 11.1 Å². The number of benzene rings is 3. The second-order valence-corrected chi connectivity index (χ2v) is 7.74. The normalized spacial score (nSPS) is 14.4. The fourth-order valence-corrected chi connectivity index (χ4v) is 3.93. The molecule has 1 fully saturated rings. The maximum Gasteiger partial charge on any atom is 0.414 e. The van der Waals surface area contributed by atoms with Crippen molar-refractivity contribution in [2.75, 3.05) is 26.2 Å². The lowest BCUT2D eigenvalue weighted by Gasteiger charge is -2.39. The monoisotopic (exact) mass is 450 g/mol. The van der Waals surface area contributed by atoms with E-state index in [0.717, 1.165) is 31.7 Å². The van der Waals surface area contributed by atoms with Crippen LogP contribution in [0.5, 0.6) is 0 Å². The van der Waals surface area contributed by atoms with E-state index in [1.807, 2.05) is 12.1 Å². The first-order chi connectivity index (χ1) is 16.0. The van der Waals surface area contributed by atoms with Gasteiger partial charge in [0.25, 0.3) is 0 Å². The molecule has 3 aromatic rings. The molecule has 1 aliphatic heterocycles. The highest BCUT2D eigenvalue weighted by Gasteiger charge is 2.26. The van der Waals surface area contributed by atoms with Crippen LogP contribution in [0, 0.1) is 5.82 Å². The third-order valence-electron chi connectivity index (χ3n) is 5.54. The number of carbonyl (C=O) groups is 2. The Morgan fingerprint density at radius 1 is 0.727 bits per heavy atom. The number of rotatable bonds is 5. The standard InChI is InChI=1S/C24H25FN2.C2H2O4/c25-23-14-8-7-13-22(23)19-26-15-17-27(18-16-26)24(20-9-3-1-4-10-20)21-11-5-2-6-12-21;3-1(4)2(5)6/h1-14,24H,15-19H2;(H,3,4)(H,5,6). The molecular weight excluding hydrogens is 423 g/mol. The number of aliphatic carboxylic acids is 2. The molecule has 0 unspecified atom stereocenters. The van der Waals surface area contributed by atoms with Gasteiger partial charge < -0.3 is 10.2 Å². The number of nitrogens with zero attached hydrogens (tertiary/aromatic N) is 2. The summed E-state index contributed by atoms with van der Waals surface area (Å²) in [5.41, 5.74) is 3.44. The average molecular weight is 451 g/mol. The highest BCUT2D eigenvalue weighted by atomic mass is 19.1. The van der Waals surface area contributed by atoms with Crippen molar-refractivity contribution in [1.29, 1.82) is 0 Å². The Morgan fingerprint density at radius 3 is 1.64 bits per heavy atom. The molecule has 7 heteroatoms. The van der Waals surface area contributed by atoms with E-state index < -0.39 is 11.9 Å². The van der Waals surface area contributed by atoms with E-state index in [-0.39, 0.29) is 11.9 Å². The SMILES string of the molecule is Fc1ccccc1CN1CCN(C(c2ccccc2)c2ccccc2)CC1.O=C(O)C(=O)O. The molecule has 0 atom stereocenters. The lowest BCUT2D eigenvalue weighted by molar-refractivity contribution is -0.159. The van der Waals surface area contributed by atoms with Gasteiger partial charge in [-0.3, -0.25) is 9.80 Å². The summed E-state index contributed by atoms with van der Waals surface area (Å²) in [5, 5.41) is 14.8. The van der Waals surface area contributed by atoms with E-state index in [4.69, 9.17) is 19.8 Å². The van der Waals surface area contributed by atoms with Crippen LogP contribution in [0.4, 0.5) is 4.39 Å². The summed E-state index contributed by atoms with van der Waals surface area (Å²) in [6.07, 6.45) is 0. The molecule has 0 radical (unpaired) electrons. The zero-order chi connectivity index (χ0) is 23.6. The van der Waals surface area contributed by atoms with Crippen molar-refractivity contribution < 1.29 is 24.2 Å². The second-order valence-electron chi connectivity index (χ2n) is 7.74. The van der Waals surface area contributed by atoms with Gasteiger partial charge in [0.15, 0.2) is 0 Å². The van der Waals surface area contributed by atoms with Crippen molar-refractivity contribution in [3.63, 3.8) is 0 Å². The first-order valence-corrected chi connectivity index (χ1v) is 10.7. The number of piperazine rings is 1. The minimum absolute atomic E-state index is 0.105. The largest absolute Gasteiger partial charge is 0.473 e. The maximum atomic E-state index is 14.0. The molecule has 0 amide bonds. The molecule has 3 aromatic carbocycles. The number of halogens is 1. The van der Waals surface area contributed by atoms with E-state index >= 15 is 0 Å². The van der Waals surface area contributed by atoms with E-state index in [0.29, 0.717) is 6.54 Å². The third-order valence-corrected chi connectivity index (χ3v) is 5.54. The minimum Gasteiger partial charge on any atom is -0.473 e. The van der Waals surface area contributed by atoms with Crippen LogP contribution in [0.3, 0.4) is 0 Å². The quantitative estimate of drug-likeness (QED) is 0.574.